The molecule has 2 rings (SSSR count). The summed E-state index contributed by atoms with van der Waals surface area (Å²) in [5, 5.41) is 9.34. The van der Waals surface area contributed by atoms with Gasteiger partial charge in [-0.3, -0.25) is 9.59 Å². The maximum atomic E-state index is 12.0. The first-order valence-corrected chi connectivity index (χ1v) is 8.31. The van der Waals surface area contributed by atoms with Gasteiger partial charge in [0.2, 0.25) is 5.91 Å². The summed E-state index contributed by atoms with van der Waals surface area (Å²) in [5.74, 6) is 0.133. The van der Waals surface area contributed by atoms with Gasteiger partial charge in [-0.05, 0) is 25.7 Å². The number of nitrogens with one attached hydrogen (secondary N) is 2. The second-order valence-corrected chi connectivity index (χ2v) is 6.21. The van der Waals surface area contributed by atoms with E-state index in [0.29, 0.717) is 12.5 Å². The zero-order valence-electron chi connectivity index (χ0n) is 14.8. The summed E-state index contributed by atoms with van der Waals surface area (Å²) in [7, 11) is 2.88. The highest BCUT2D eigenvalue weighted by Gasteiger charge is 2.22. The molecule has 138 valence electrons. The van der Waals surface area contributed by atoms with E-state index >= 15 is 0 Å². The number of aryl methyl sites for hydroxylation is 1. The molecule has 0 aliphatic carbocycles. The number of piperidine rings is 1. The minimum atomic E-state index is -0.640. The molecule has 1 aromatic rings. The zero-order valence-corrected chi connectivity index (χ0v) is 14.8. The van der Waals surface area contributed by atoms with Crippen molar-refractivity contribution >= 4 is 17.7 Å². The second kappa shape index (κ2) is 8.50. The van der Waals surface area contributed by atoms with Crippen molar-refractivity contribution < 1.29 is 14.3 Å². The van der Waals surface area contributed by atoms with Crippen LogP contribution in [0.15, 0.2) is 17.1 Å². The lowest BCUT2D eigenvalue weighted by Crippen LogP contribution is -2.47. The van der Waals surface area contributed by atoms with Crippen LogP contribution in [-0.4, -0.2) is 54.6 Å². The fourth-order valence-corrected chi connectivity index (χ4v) is 2.73. The van der Waals surface area contributed by atoms with E-state index in [-0.39, 0.29) is 11.5 Å². The summed E-state index contributed by atoms with van der Waals surface area (Å²) in [6.07, 6.45) is 2.89. The van der Waals surface area contributed by atoms with Gasteiger partial charge in [0.25, 0.3) is 5.56 Å². The predicted molar refractivity (Wildman–Crippen MR) is 92.4 cm³/mol. The molecule has 1 fully saturated rings. The van der Waals surface area contributed by atoms with Crippen molar-refractivity contribution in [2.24, 2.45) is 13.0 Å². The first kappa shape index (κ1) is 18.8. The van der Waals surface area contributed by atoms with Crippen molar-refractivity contribution in [2.75, 3.05) is 31.6 Å². The van der Waals surface area contributed by atoms with E-state index in [1.54, 1.807) is 26.2 Å². The Morgan fingerprint density at radius 3 is 2.68 bits per heavy atom. The molecule has 1 atom stereocenters. The number of nitrogens with zero attached hydrogens (tertiary/aromatic N) is 3. The van der Waals surface area contributed by atoms with E-state index in [1.807, 2.05) is 0 Å². The summed E-state index contributed by atoms with van der Waals surface area (Å²) >= 11 is 0. The van der Waals surface area contributed by atoms with Gasteiger partial charge in [-0.25, -0.2) is 9.48 Å². The number of ether oxygens (including phenoxy) is 1. The highest BCUT2D eigenvalue weighted by molar-refractivity contribution is 5.85. The quantitative estimate of drug-likeness (QED) is 0.765. The predicted octanol–water partition coefficient (Wildman–Crippen LogP) is -0.143. The number of rotatable bonds is 5. The van der Waals surface area contributed by atoms with Crippen LogP contribution in [0.5, 0.6) is 0 Å². The molecule has 0 aromatic carbocycles. The molecule has 9 heteroatoms. The van der Waals surface area contributed by atoms with E-state index in [4.69, 9.17) is 0 Å². The van der Waals surface area contributed by atoms with Crippen molar-refractivity contribution in [3.8, 4) is 0 Å². The molecule has 0 saturated carbocycles. The Bertz CT molecular complexity index is 667. The fraction of sp³-hybridized carbons (Fsp3) is 0.625. The van der Waals surface area contributed by atoms with Gasteiger partial charge in [-0.2, -0.15) is 5.10 Å². The number of aromatic nitrogens is 2. The van der Waals surface area contributed by atoms with Crippen LogP contribution in [0.2, 0.25) is 0 Å². The number of carbonyl (C=O) groups is 2. The number of alkyl carbamates (subject to hydrolysis) is 1. The highest BCUT2D eigenvalue weighted by Crippen LogP contribution is 2.21. The summed E-state index contributed by atoms with van der Waals surface area (Å²) in [6.45, 7) is 3.79. The van der Waals surface area contributed by atoms with Gasteiger partial charge in [-0.15, -0.1) is 0 Å². The molecule has 1 aromatic heterocycles. The van der Waals surface area contributed by atoms with Crippen LogP contribution in [0, 0.1) is 5.92 Å². The Balaban J connectivity index is 1.76. The molecule has 2 heterocycles. The maximum Gasteiger partial charge on any atom is 0.407 e. The lowest BCUT2D eigenvalue weighted by Gasteiger charge is -2.33. The molecule has 0 spiro atoms. The second-order valence-electron chi connectivity index (χ2n) is 6.21. The largest absolute Gasteiger partial charge is 0.453 e. The van der Waals surface area contributed by atoms with E-state index in [2.05, 4.69) is 25.4 Å². The Hall–Kier alpha value is -2.58. The topological polar surface area (TPSA) is 106 Å². The molecule has 0 radical (unpaired) electrons. The van der Waals surface area contributed by atoms with Gasteiger partial charge in [0.15, 0.2) is 0 Å². The molecule has 1 aliphatic rings. The van der Waals surface area contributed by atoms with Crippen LogP contribution in [0.1, 0.15) is 19.8 Å². The normalized spacial score (nSPS) is 16.2. The Kier molecular flexibility index (Phi) is 6.37. The van der Waals surface area contributed by atoms with Gasteiger partial charge in [0.1, 0.15) is 6.04 Å². The molecule has 1 unspecified atom stereocenters. The van der Waals surface area contributed by atoms with E-state index in [1.165, 1.54) is 11.8 Å². The summed E-state index contributed by atoms with van der Waals surface area (Å²) in [4.78, 5) is 36.9. The lowest BCUT2D eigenvalue weighted by atomic mass is 9.96. The first-order chi connectivity index (χ1) is 11.9. The van der Waals surface area contributed by atoms with Gasteiger partial charge < -0.3 is 20.3 Å². The monoisotopic (exact) mass is 351 g/mol. The number of anilines is 1. The first-order valence-electron chi connectivity index (χ1n) is 8.31. The van der Waals surface area contributed by atoms with Crippen molar-refractivity contribution in [3.05, 3.63) is 22.6 Å². The van der Waals surface area contributed by atoms with Crippen LogP contribution >= 0.6 is 0 Å². The number of hydrogen-bond acceptors (Lipinski definition) is 6. The van der Waals surface area contributed by atoms with Gasteiger partial charge in [0, 0.05) is 32.7 Å². The number of hydrogen-bond donors (Lipinski definition) is 2. The van der Waals surface area contributed by atoms with Crippen LogP contribution in [-0.2, 0) is 16.6 Å². The Labute approximate surface area is 146 Å². The van der Waals surface area contributed by atoms with Crippen molar-refractivity contribution in [1.82, 2.24) is 20.4 Å². The van der Waals surface area contributed by atoms with Crippen LogP contribution in [0.25, 0.3) is 0 Å². The third kappa shape index (κ3) is 5.20. The number of amides is 2. The van der Waals surface area contributed by atoms with Crippen LogP contribution < -0.4 is 21.1 Å². The molecule has 1 aliphatic heterocycles. The summed E-state index contributed by atoms with van der Waals surface area (Å²) < 4.78 is 5.77. The minimum absolute atomic E-state index is 0.126. The van der Waals surface area contributed by atoms with Crippen molar-refractivity contribution in [1.29, 1.82) is 0 Å². The molecular formula is C16H25N5O4. The lowest BCUT2D eigenvalue weighted by molar-refractivity contribution is -0.122. The molecule has 0 bridgehead atoms. The summed E-state index contributed by atoms with van der Waals surface area (Å²) in [5.41, 5.74) is 0.709. The number of methoxy groups -OCH3 is 1. The van der Waals surface area contributed by atoms with E-state index in [9.17, 15) is 14.4 Å². The van der Waals surface area contributed by atoms with Gasteiger partial charge in [-0.1, -0.05) is 0 Å². The fourth-order valence-electron chi connectivity index (χ4n) is 2.73. The molecule has 2 N–H and O–H groups in total. The molecule has 25 heavy (non-hydrogen) atoms. The average molecular weight is 351 g/mol. The van der Waals surface area contributed by atoms with Crippen LogP contribution in [0.3, 0.4) is 0 Å². The third-order valence-electron chi connectivity index (χ3n) is 4.41. The zero-order chi connectivity index (χ0) is 18.4. The smallest absolute Gasteiger partial charge is 0.407 e. The highest BCUT2D eigenvalue weighted by atomic mass is 16.5. The third-order valence-corrected chi connectivity index (χ3v) is 4.41. The average Bonchev–Trinajstić information content (AvgIpc) is 2.62. The van der Waals surface area contributed by atoms with Gasteiger partial charge in [0.05, 0.1) is 19.0 Å². The molecular weight excluding hydrogens is 326 g/mol. The molecule has 1 saturated heterocycles. The SMILES string of the molecule is COC(=O)NC(C)C(=O)NCC1CCN(c2cnn(C)c(=O)c2)CC1. The van der Waals surface area contributed by atoms with Crippen molar-refractivity contribution in [2.45, 2.75) is 25.8 Å². The van der Waals surface area contributed by atoms with E-state index < -0.39 is 12.1 Å². The van der Waals surface area contributed by atoms with Crippen molar-refractivity contribution in [3.63, 3.8) is 0 Å². The standard InChI is InChI=1S/C16H25N5O4/c1-11(19-16(24)25-3)15(23)17-9-12-4-6-21(7-5-12)13-8-14(22)20(2)18-10-13/h8,10-12H,4-7,9H2,1-3H3,(H,17,23)(H,19,24). The molecule has 2 amide bonds. The summed E-state index contributed by atoms with van der Waals surface area (Å²) in [6, 6.07) is 0.953. The van der Waals surface area contributed by atoms with Gasteiger partial charge >= 0.3 is 6.09 Å². The van der Waals surface area contributed by atoms with Crippen LogP contribution in [0.4, 0.5) is 10.5 Å². The Morgan fingerprint density at radius 1 is 1.40 bits per heavy atom. The minimum Gasteiger partial charge on any atom is -0.453 e. The molecule has 9 nitrogen and oxygen atoms in total. The number of carbonyl (C=O) groups excluding carboxylic acids is 2. The Morgan fingerprint density at radius 2 is 2.08 bits per heavy atom. The van der Waals surface area contributed by atoms with E-state index in [0.717, 1.165) is 31.6 Å². The maximum absolute atomic E-state index is 12.0.